The second-order valence-corrected chi connectivity index (χ2v) is 4.22. The van der Waals surface area contributed by atoms with Crippen LogP contribution in [0.5, 0.6) is 0 Å². The molecule has 1 aliphatic rings. The summed E-state index contributed by atoms with van der Waals surface area (Å²) in [6, 6.07) is 0. The Kier molecular flexibility index (Phi) is 3.56. The topological polar surface area (TPSA) is 108 Å². The highest BCUT2D eigenvalue weighted by Gasteiger charge is 2.26. The molecule has 0 amide bonds. The van der Waals surface area contributed by atoms with Crippen LogP contribution in [0.15, 0.2) is 4.99 Å². The minimum Gasteiger partial charge on any atom is -0.392 e. The molecular formula is C7H14N4OS. The fraction of sp³-hybridized carbons (Fsp3) is 0.714. The number of aliphatic imine (C=N–C) groups is 1. The van der Waals surface area contributed by atoms with E-state index >= 15 is 0 Å². The minimum absolute atomic E-state index is 0.0750. The van der Waals surface area contributed by atoms with Gasteiger partial charge in [-0.3, -0.25) is 5.41 Å². The van der Waals surface area contributed by atoms with Crippen LogP contribution in [0.4, 0.5) is 0 Å². The average Bonchev–Trinajstić information content (AvgIpc) is 2.34. The van der Waals surface area contributed by atoms with Crippen LogP contribution in [0, 0.1) is 5.41 Å². The molecule has 13 heavy (non-hydrogen) atoms. The van der Waals surface area contributed by atoms with Gasteiger partial charge >= 0.3 is 0 Å². The van der Waals surface area contributed by atoms with Crippen LogP contribution in [0.25, 0.3) is 0 Å². The minimum atomic E-state index is -0.320. The molecule has 1 rings (SSSR count). The molecule has 1 aliphatic carbocycles. The fourth-order valence-electron chi connectivity index (χ4n) is 1.33. The molecule has 2 atom stereocenters. The van der Waals surface area contributed by atoms with Crippen LogP contribution in [-0.2, 0) is 0 Å². The third kappa shape index (κ3) is 3.23. The highest BCUT2D eigenvalue weighted by atomic mass is 32.2. The monoisotopic (exact) mass is 202 g/mol. The van der Waals surface area contributed by atoms with Gasteiger partial charge in [0.2, 0.25) is 0 Å². The zero-order valence-corrected chi connectivity index (χ0v) is 8.05. The third-order valence-corrected chi connectivity index (χ3v) is 3.08. The van der Waals surface area contributed by atoms with Crippen LogP contribution in [0.1, 0.15) is 19.3 Å². The van der Waals surface area contributed by atoms with Crippen molar-refractivity contribution in [3.63, 3.8) is 0 Å². The summed E-state index contributed by atoms with van der Waals surface area (Å²) in [4.78, 5) is 3.58. The van der Waals surface area contributed by atoms with Crippen molar-refractivity contribution in [1.29, 1.82) is 5.41 Å². The number of nitrogens with zero attached hydrogens (tertiary/aromatic N) is 1. The number of hydrogen-bond acceptors (Lipinski definition) is 3. The number of guanidine groups is 1. The number of aliphatic hydroxyl groups excluding tert-OH is 1. The molecule has 0 bridgehead atoms. The first-order chi connectivity index (χ1) is 6.09. The zero-order valence-electron chi connectivity index (χ0n) is 7.23. The van der Waals surface area contributed by atoms with Gasteiger partial charge < -0.3 is 16.6 Å². The molecule has 0 spiro atoms. The summed E-state index contributed by atoms with van der Waals surface area (Å²) in [6.07, 6.45) is 2.43. The van der Waals surface area contributed by atoms with Gasteiger partial charge in [0.25, 0.3) is 0 Å². The lowest BCUT2D eigenvalue weighted by molar-refractivity contribution is 0.188. The number of aliphatic hydroxyl groups is 1. The maximum Gasteiger partial charge on any atom is 0.193 e. The van der Waals surface area contributed by atoms with Crippen LogP contribution >= 0.6 is 11.8 Å². The van der Waals surface area contributed by atoms with Crippen molar-refractivity contribution < 1.29 is 5.11 Å². The Balaban J connectivity index is 2.40. The van der Waals surface area contributed by atoms with Crippen molar-refractivity contribution in [2.45, 2.75) is 30.6 Å². The molecule has 2 unspecified atom stereocenters. The molecule has 6 N–H and O–H groups in total. The first-order valence-corrected chi connectivity index (χ1v) is 5.00. The molecule has 0 aromatic rings. The van der Waals surface area contributed by atoms with E-state index in [0.29, 0.717) is 0 Å². The van der Waals surface area contributed by atoms with Gasteiger partial charge in [0.1, 0.15) is 0 Å². The van der Waals surface area contributed by atoms with Gasteiger partial charge in [0.15, 0.2) is 11.1 Å². The van der Waals surface area contributed by atoms with Crippen molar-refractivity contribution in [2.24, 2.45) is 16.5 Å². The molecule has 0 saturated heterocycles. The predicted octanol–water partition coefficient (Wildman–Crippen LogP) is -0.159. The molecule has 6 heteroatoms. The van der Waals surface area contributed by atoms with Crippen molar-refractivity contribution in [3.8, 4) is 0 Å². The lowest BCUT2D eigenvalue weighted by Crippen LogP contribution is -2.24. The van der Waals surface area contributed by atoms with Crippen LogP contribution < -0.4 is 11.5 Å². The quantitative estimate of drug-likeness (QED) is 0.350. The first kappa shape index (κ1) is 10.3. The Hall–Kier alpha value is -0.750. The largest absolute Gasteiger partial charge is 0.392 e. The molecule has 0 radical (unpaired) electrons. The van der Waals surface area contributed by atoms with E-state index in [4.69, 9.17) is 16.9 Å². The number of hydrogen-bond donors (Lipinski definition) is 4. The predicted molar refractivity (Wildman–Crippen MR) is 54.8 cm³/mol. The van der Waals surface area contributed by atoms with E-state index in [2.05, 4.69) is 4.99 Å². The standard InChI is InChI=1S/C7H14N4OS/c8-6(9)11-7(10)13-5-3-1-2-4(5)12/h4-5,12H,1-3H2,(H5,8,9,10,11). The maximum absolute atomic E-state index is 9.44. The van der Waals surface area contributed by atoms with Gasteiger partial charge in [0, 0.05) is 5.25 Å². The van der Waals surface area contributed by atoms with Crippen LogP contribution in [-0.4, -0.2) is 27.6 Å². The van der Waals surface area contributed by atoms with Crippen molar-refractivity contribution in [3.05, 3.63) is 0 Å². The van der Waals surface area contributed by atoms with E-state index in [1.54, 1.807) is 0 Å². The molecule has 74 valence electrons. The van der Waals surface area contributed by atoms with Crippen LogP contribution in [0.2, 0.25) is 0 Å². The van der Waals surface area contributed by atoms with Crippen molar-refractivity contribution in [1.82, 2.24) is 0 Å². The van der Waals surface area contributed by atoms with Gasteiger partial charge in [-0.15, -0.1) is 0 Å². The van der Waals surface area contributed by atoms with Crippen molar-refractivity contribution in [2.75, 3.05) is 0 Å². The fourth-order valence-corrected chi connectivity index (χ4v) is 2.35. The van der Waals surface area contributed by atoms with Gasteiger partial charge in [-0.1, -0.05) is 11.8 Å². The smallest absolute Gasteiger partial charge is 0.193 e. The Labute approximate surface area is 81.1 Å². The van der Waals surface area contributed by atoms with Crippen molar-refractivity contribution >= 4 is 22.9 Å². The number of amidine groups is 1. The highest BCUT2D eigenvalue weighted by Crippen LogP contribution is 2.30. The summed E-state index contributed by atoms with van der Waals surface area (Å²) in [5.41, 5.74) is 10.2. The van der Waals surface area contributed by atoms with Gasteiger partial charge in [0.05, 0.1) is 6.10 Å². The average molecular weight is 202 g/mol. The van der Waals surface area contributed by atoms with E-state index < -0.39 is 0 Å². The number of rotatable bonds is 1. The third-order valence-electron chi connectivity index (χ3n) is 1.91. The molecule has 1 fully saturated rings. The molecule has 0 heterocycles. The Morgan fingerprint density at radius 3 is 2.62 bits per heavy atom. The number of thioether (sulfide) groups is 1. The van der Waals surface area contributed by atoms with Crippen LogP contribution in [0.3, 0.4) is 0 Å². The molecular weight excluding hydrogens is 188 g/mol. The van der Waals surface area contributed by atoms with E-state index in [-0.39, 0.29) is 22.5 Å². The summed E-state index contributed by atoms with van der Waals surface area (Å²) in [5, 5.41) is 17.0. The maximum atomic E-state index is 9.44. The molecule has 0 aromatic carbocycles. The van der Waals surface area contributed by atoms with Gasteiger partial charge in [-0.25, -0.2) is 0 Å². The second kappa shape index (κ2) is 4.48. The second-order valence-electron chi connectivity index (χ2n) is 3.00. The van der Waals surface area contributed by atoms with Gasteiger partial charge in [-0.2, -0.15) is 4.99 Å². The number of nitrogens with one attached hydrogen (secondary N) is 1. The molecule has 0 aliphatic heterocycles. The summed E-state index contributed by atoms with van der Waals surface area (Å²) < 4.78 is 0. The zero-order chi connectivity index (χ0) is 9.84. The number of nitrogens with two attached hydrogens (primary N) is 2. The van der Waals surface area contributed by atoms with E-state index in [1.807, 2.05) is 0 Å². The Morgan fingerprint density at radius 2 is 2.15 bits per heavy atom. The normalized spacial score (nSPS) is 27.2. The summed E-state index contributed by atoms with van der Waals surface area (Å²) in [5.74, 6) is -0.106. The molecule has 0 aromatic heterocycles. The highest BCUT2D eigenvalue weighted by molar-refractivity contribution is 8.14. The Bertz CT molecular complexity index is 227. The molecule has 5 nitrogen and oxygen atoms in total. The SMILES string of the molecule is N=C(N=C(N)N)SC1CCCC1O. The summed E-state index contributed by atoms with van der Waals surface area (Å²) >= 11 is 1.23. The van der Waals surface area contributed by atoms with E-state index in [9.17, 15) is 5.11 Å². The van der Waals surface area contributed by atoms with E-state index in [0.717, 1.165) is 19.3 Å². The lowest BCUT2D eigenvalue weighted by atomic mass is 10.3. The van der Waals surface area contributed by atoms with E-state index in [1.165, 1.54) is 11.8 Å². The Morgan fingerprint density at radius 1 is 1.46 bits per heavy atom. The lowest BCUT2D eigenvalue weighted by Gasteiger charge is -2.11. The summed E-state index contributed by atoms with van der Waals surface area (Å²) in [7, 11) is 0. The first-order valence-electron chi connectivity index (χ1n) is 4.12. The summed E-state index contributed by atoms with van der Waals surface area (Å²) in [6.45, 7) is 0. The molecule has 1 saturated carbocycles. The van der Waals surface area contributed by atoms with Gasteiger partial charge in [-0.05, 0) is 19.3 Å².